The van der Waals surface area contributed by atoms with Crippen LogP contribution >= 0.6 is 0 Å². The minimum absolute atomic E-state index is 0.0357. The molecule has 0 radical (unpaired) electrons. The van der Waals surface area contributed by atoms with Gasteiger partial charge in [0.15, 0.2) is 11.6 Å². The smallest absolute Gasteiger partial charge is 0.249 e. The van der Waals surface area contributed by atoms with Crippen molar-refractivity contribution in [1.82, 2.24) is 15.4 Å². The topological polar surface area (TPSA) is 74.7 Å². The Morgan fingerprint density at radius 2 is 1.93 bits per heavy atom. The molecule has 3 aromatic rings. The van der Waals surface area contributed by atoms with E-state index in [1.165, 1.54) is 13.3 Å². The van der Waals surface area contributed by atoms with Crippen LogP contribution in [0, 0.1) is 22.9 Å². The maximum absolute atomic E-state index is 15.8. The lowest BCUT2D eigenvalue weighted by molar-refractivity contribution is -0.143. The van der Waals surface area contributed by atoms with Gasteiger partial charge in [0.2, 0.25) is 5.91 Å². The van der Waals surface area contributed by atoms with Gasteiger partial charge in [-0.1, -0.05) is 0 Å². The van der Waals surface area contributed by atoms with Gasteiger partial charge in [-0.2, -0.15) is 0 Å². The van der Waals surface area contributed by atoms with Crippen LogP contribution in [0.2, 0.25) is 0 Å². The molecule has 1 fully saturated rings. The second-order valence-electron chi connectivity index (χ2n) is 10.2. The van der Waals surface area contributed by atoms with Crippen LogP contribution in [0.4, 0.5) is 22.0 Å². The summed E-state index contributed by atoms with van der Waals surface area (Å²) in [5, 5.41) is 9.88. The van der Waals surface area contributed by atoms with Crippen molar-refractivity contribution in [3.8, 4) is 5.75 Å². The van der Waals surface area contributed by atoms with Crippen molar-refractivity contribution in [2.45, 2.75) is 51.4 Å². The van der Waals surface area contributed by atoms with Crippen molar-refractivity contribution < 1.29 is 36.7 Å². The quantitative estimate of drug-likeness (QED) is 0.126. The number of carbonyl (C=O) groups is 1. The zero-order valence-electron chi connectivity index (χ0n) is 22.2. The van der Waals surface area contributed by atoms with Gasteiger partial charge in [-0.05, 0) is 88.0 Å². The van der Waals surface area contributed by atoms with E-state index in [9.17, 15) is 27.6 Å². The van der Waals surface area contributed by atoms with E-state index in [4.69, 9.17) is 4.74 Å². The fourth-order valence-electron chi connectivity index (χ4n) is 5.58. The number of fused-ring (bicyclic) bond motifs is 1. The molecule has 2 heterocycles. The summed E-state index contributed by atoms with van der Waals surface area (Å²) in [5.41, 5.74) is 1.44. The van der Waals surface area contributed by atoms with Gasteiger partial charge in [-0.25, -0.2) is 27.4 Å². The zero-order chi connectivity index (χ0) is 28.9. The second-order valence-corrected chi connectivity index (χ2v) is 10.2. The Hall–Kier alpha value is -3.31. The first-order valence-corrected chi connectivity index (χ1v) is 13.2. The molecule has 0 aliphatic carbocycles. The maximum Gasteiger partial charge on any atom is 0.249 e. The number of hydrogen-bond acceptors (Lipinski definition) is 5. The van der Waals surface area contributed by atoms with E-state index < -0.39 is 41.6 Å². The van der Waals surface area contributed by atoms with E-state index in [0.717, 1.165) is 6.07 Å². The Morgan fingerprint density at radius 3 is 2.60 bits per heavy atom. The Bertz CT molecular complexity index is 1340. The molecule has 1 amide bonds. The van der Waals surface area contributed by atoms with Crippen molar-refractivity contribution in [3.05, 3.63) is 70.7 Å². The number of nitrogens with one attached hydrogen (secondary N) is 1. The molecule has 216 valence electrons. The van der Waals surface area contributed by atoms with E-state index >= 15 is 4.39 Å². The normalized spacial score (nSPS) is 16.2. The standard InChI is InChI=1S/C29H32F5N3O3/c1-40-21-4-5-25-22(15-21)26(19(16-30)17-35-25)23(32)6-7-29(28(38)36-39)8-11-37(12-9-29)10-2-3-18-13-20(31)14-24(33)27(18)34/h4-5,13-15,17,23,39H,2-3,6-12,16H2,1H3,(H,36,38). The Labute approximate surface area is 229 Å². The number of amides is 1. The number of aromatic nitrogens is 1. The fraction of sp³-hybridized carbons (Fsp3) is 0.448. The number of hydroxylamine groups is 1. The lowest BCUT2D eigenvalue weighted by Crippen LogP contribution is -2.48. The number of aryl methyl sites for hydroxylation is 1. The SMILES string of the molecule is COc1ccc2ncc(CF)c(C(F)CCC3(C(=O)NO)CCN(CCCc4cc(F)cc(F)c4F)CC3)c2c1. The van der Waals surface area contributed by atoms with Gasteiger partial charge in [-0.3, -0.25) is 15.0 Å². The van der Waals surface area contributed by atoms with Gasteiger partial charge >= 0.3 is 0 Å². The largest absolute Gasteiger partial charge is 0.497 e. The molecule has 4 rings (SSSR count). The molecule has 11 heteroatoms. The van der Waals surface area contributed by atoms with Gasteiger partial charge in [0, 0.05) is 28.8 Å². The number of halogens is 5. The highest BCUT2D eigenvalue weighted by molar-refractivity contribution is 5.85. The zero-order valence-corrected chi connectivity index (χ0v) is 22.2. The highest BCUT2D eigenvalue weighted by atomic mass is 19.2. The minimum atomic E-state index is -1.59. The fourth-order valence-corrected chi connectivity index (χ4v) is 5.58. The lowest BCUT2D eigenvalue weighted by Gasteiger charge is -2.40. The third-order valence-electron chi connectivity index (χ3n) is 7.92. The molecule has 1 aliphatic rings. The lowest BCUT2D eigenvalue weighted by atomic mass is 9.73. The molecule has 1 aromatic heterocycles. The predicted molar refractivity (Wildman–Crippen MR) is 139 cm³/mol. The van der Waals surface area contributed by atoms with Gasteiger partial charge in [-0.15, -0.1) is 0 Å². The van der Waals surface area contributed by atoms with Gasteiger partial charge in [0.1, 0.15) is 24.4 Å². The monoisotopic (exact) mass is 565 g/mol. The first-order chi connectivity index (χ1) is 19.2. The van der Waals surface area contributed by atoms with Crippen molar-refractivity contribution in [1.29, 1.82) is 0 Å². The summed E-state index contributed by atoms with van der Waals surface area (Å²) in [6.45, 7) is 0.509. The van der Waals surface area contributed by atoms with Crippen LogP contribution < -0.4 is 10.2 Å². The minimum Gasteiger partial charge on any atom is -0.497 e. The van der Waals surface area contributed by atoms with Crippen LogP contribution in [0.1, 0.15) is 55.0 Å². The summed E-state index contributed by atoms with van der Waals surface area (Å²) in [6, 6.07) is 6.45. The number of alkyl halides is 2. The van der Waals surface area contributed by atoms with Gasteiger partial charge in [0.05, 0.1) is 18.0 Å². The third kappa shape index (κ3) is 6.36. The Balaban J connectivity index is 1.42. The van der Waals surface area contributed by atoms with E-state index in [1.807, 2.05) is 4.90 Å². The first kappa shape index (κ1) is 29.7. The molecule has 1 atom stereocenters. The van der Waals surface area contributed by atoms with Crippen LogP contribution in [-0.4, -0.2) is 47.7 Å². The molecule has 1 saturated heterocycles. The summed E-state index contributed by atoms with van der Waals surface area (Å²) in [7, 11) is 1.48. The molecular formula is C29H32F5N3O3. The number of likely N-dealkylation sites (tertiary alicyclic amines) is 1. The first-order valence-electron chi connectivity index (χ1n) is 13.2. The number of methoxy groups -OCH3 is 1. The summed E-state index contributed by atoms with van der Waals surface area (Å²) < 4.78 is 75.7. The van der Waals surface area contributed by atoms with Crippen LogP contribution in [0.3, 0.4) is 0 Å². The average Bonchev–Trinajstić information content (AvgIpc) is 2.97. The van der Waals surface area contributed by atoms with Crippen LogP contribution in [0.5, 0.6) is 5.75 Å². The molecule has 0 bridgehead atoms. The molecule has 1 unspecified atom stereocenters. The summed E-state index contributed by atoms with van der Waals surface area (Å²) >= 11 is 0. The van der Waals surface area contributed by atoms with Crippen molar-refractivity contribution in [3.63, 3.8) is 0 Å². The number of ether oxygens (including phenoxy) is 1. The third-order valence-corrected chi connectivity index (χ3v) is 7.92. The van der Waals surface area contributed by atoms with Crippen molar-refractivity contribution in [2.75, 3.05) is 26.7 Å². The van der Waals surface area contributed by atoms with Gasteiger partial charge in [0.25, 0.3) is 0 Å². The Kier molecular flexibility index (Phi) is 9.57. The van der Waals surface area contributed by atoms with Crippen molar-refractivity contribution >= 4 is 16.8 Å². The van der Waals surface area contributed by atoms with E-state index in [2.05, 4.69) is 4.98 Å². The molecule has 40 heavy (non-hydrogen) atoms. The van der Waals surface area contributed by atoms with Gasteiger partial charge < -0.3 is 9.64 Å². The summed E-state index contributed by atoms with van der Waals surface area (Å²) in [6.07, 6.45) is 0.997. The number of piperidine rings is 1. The molecule has 1 aliphatic heterocycles. The van der Waals surface area contributed by atoms with Crippen molar-refractivity contribution in [2.24, 2.45) is 5.41 Å². The predicted octanol–water partition coefficient (Wildman–Crippen LogP) is 6.14. The number of hydrogen-bond donors (Lipinski definition) is 2. The molecule has 0 saturated carbocycles. The second kappa shape index (κ2) is 12.9. The number of rotatable bonds is 11. The molecule has 2 aromatic carbocycles. The highest BCUT2D eigenvalue weighted by Crippen LogP contribution is 2.41. The van der Waals surface area contributed by atoms with Crippen LogP contribution in [-0.2, 0) is 17.9 Å². The van der Waals surface area contributed by atoms with E-state index in [-0.39, 0.29) is 36.0 Å². The molecular weight excluding hydrogens is 533 g/mol. The number of benzene rings is 2. The Morgan fingerprint density at radius 1 is 1.18 bits per heavy atom. The van der Waals surface area contributed by atoms with Crippen LogP contribution in [0.25, 0.3) is 10.9 Å². The number of pyridine rings is 1. The van der Waals surface area contributed by atoms with Crippen LogP contribution in [0.15, 0.2) is 36.5 Å². The molecule has 0 spiro atoms. The molecule has 6 nitrogen and oxygen atoms in total. The maximum atomic E-state index is 15.8. The van der Waals surface area contributed by atoms with E-state index in [1.54, 1.807) is 23.7 Å². The number of nitrogens with zero attached hydrogens (tertiary/aromatic N) is 2. The summed E-state index contributed by atoms with van der Waals surface area (Å²) in [5.74, 6) is -3.25. The average molecular weight is 566 g/mol. The molecule has 2 N–H and O–H groups in total. The van der Waals surface area contributed by atoms with E-state index in [0.29, 0.717) is 61.6 Å². The summed E-state index contributed by atoms with van der Waals surface area (Å²) in [4.78, 5) is 19.0. The highest BCUT2D eigenvalue weighted by Gasteiger charge is 2.41. The number of carbonyl (C=O) groups excluding carboxylic acids is 1.